The monoisotopic (exact) mass is 566 g/mol. The number of thioether (sulfide) groups is 1. The lowest BCUT2D eigenvalue weighted by Crippen LogP contribution is -2.48. The van der Waals surface area contributed by atoms with Crippen molar-refractivity contribution in [2.75, 3.05) is 12.8 Å². The van der Waals surface area contributed by atoms with Gasteiger partial charge in [0.1, 0.15) is 10.3 Å². The van der Waals surface area contributed by atoms with E-state index in [2.05, 4.69) is 31.2 Å². The fourth-order valence-corrected chi connectivity index (χ4v) is 7.25. The molecule has 11 heteroatoms. The minimum atomic E-state index is -3.93. The predicted molar refractivity (Wildman–Crippen MR) is 135 cm³/mol. The minimum Gasteiger partial charge on any atom is -0.355 e. The lowest BCUT2D eigenvalue weighted by Gasteiger charge is -2.28. The van der Waals surface area contributed by atoms with Gasteiger partial charge in [0.05, 0.1) is 10.6 Å². The summed E-state index contributed by atoms with van der Waals surface area (Å²) >= 11 is 6.00. The number of carbonyl (C=O) groups is 1. The van der Waals surface area contributed by atoms with Crippen LogP contribution in [0.2, 0.25) is 0 Å². The highest BCUT2D eigenvalue weighted by atomic mass is 79.9. The largest absolute Gasteiger partial charge is 0.355 e. The molecule has 4 rings (SSSR count). The Morgan fingerprint density at radius 3 is 2.73 bits per heavy atom. The lowest BCUT2D eigenvalue weighted by atomic mass is 10.1. The Balaban J connectivity index is 1.71. The summed E-state index contributed by atoms with van der Waals surface area (Å²) in [5.74, 6) is -0.245. The van der Waals surface area contributed by atoms with Crippen molar-refractivity contribution >= 4 is 55.0 Å². The second-order valence-electron chi connectivity index (χ2n) is 7.53. The molecule has 1 unspecified atom stereocenters. The zero-order valence-electron chi connectivity index (χ0n) is 17.9. The van der Waals surface area contributed by atoms with Crippen LogP contribution >= 0.6 is 39.0 Å². The molecule has 0 saturated carbocycles. The molecule has 1 N–H and O–H groups in total. The van der Waals surface area contributed by atoms with Gasteiger partial charge >= 0.3 is 0 Å². The third kappa shape index (κ3) is 5.65. The molecule has 1 fully saturated rings. The van der Waals surface area contributed by atoms with Crippen molar-refractivity contribution in [3.05, 3.63) is 58.7 Å². The summed E-state index contributed by atoms with van der Waals surface area (Å²) in [6.07, 6.45) is 5.66. The number of hydrogen-bond donors (Lipinski definition) is 1. The van der Waals surface area contributed by atoms with Gasteiger partial charge < -0.3 is 5.32 Å². The van der Waals surface area contributed by atoms with Crippen LogP contribution in [-0.4, -0.2) is 47.4 Å². The molecule has 174 valence electrons. The Morgan fingerprint density at radius 2 is 1.97 bits per heavy atom. The number of nitrogens with one attached hydrogen (secondary N) is 1. The normalized spacial score (nSPS) is 17.1. The molecule has 0 spiro atoms. The molecule has 0 aliphatic carbocycles. The number of thiophene rings is 1. The molecule has 0 radical (unpaired) electrons. The third-order valence-electron chi connectivity index (χ3n) is 5.32. The van der Waals surface area contributed by atoms with Crippen LogP contribution in [0, 0.1) is 0 Å². The summed E-state index contributed by atoms with van der Waals surface area (Å²) in [5, 5.41) is 3.49. The zero-order chi connectivity index (χ0) is 23.4. The van der Waals surface area contributed by atoms with Crippen LogP contribution in [0.25, 0.3) is 10.6 Å². The van der Waals surface area contributed by atoms with Crippen LogP contribution in [0.3, 0.4) is 0 Å². The van der Waals surface area contributed by atoms with Gasteiger partial charge in [-0.15, -0.1) is 11.3 Å². The Bertz CT molecular complexity index is 1230. The van der Waals surface area contributed by atoms with Crippen LogP contribution in [0.4, 0.5) is 0 Å². The molecule has 1 saturated heterocycles. The van der Waals surface area contributed by atoms with Crippen LogP contribution in [0.15, 0.2) is 62.5 Å². The summed E-state index contributed by atoms with van der Waals surface area (Å²) in [4.78, 5) is 22.2. The van der Waals surface area contributed by atoms with Crippen molar-refractivity contribution < 1.29 is 13.2 Å². The topological polar surface area (TPSA) is 92.3 Å². The molecule has 3 heterocycles. The molecule has 33 heavy (non-hydrogen) atoms. The van der Waals surface area contributed by atoms with Gasteiger partial charge in [-0.1, -0.05) is 39.8 Å². The van der Waals surface area contributed by atoms with Gasteiger partial charge in [0.25, 0.3) is 10.0 Å². The molecular formula is C22H23BrN4O3S3. The van der Waals surface area contributed by atoms with E-state index in [0.29, 0.717) is 23.8 Å². The fraction of sp³-hybridized carbons (Fsp3) is 0.318. The number of sulfonamides is 1. The van der Waals surface area contributed by atoms with E-state index in [1.807, 2.05) is 30.5 Å². The highest BCUT2D eigenvalue weighted by Crippen LogP contribution is 2.34. The van der Waals surface area contributed by atoms with Gasteiger partial charge in [-0.05, 0) is 61.4 Å². The number of aromatic nitrogens is 2. The van der Waals surface area contributed by atoms with E-state index in [0.717, 1.165) is 39.1 Å². The lowest BCUT2D eigenvalue weighted by molar-refractivity contribution is -0.124. The highest BCUT2D eigenvalue weighted by molar-refractivity contribution is 9.10. The van der Waals surface area contributed by atoms with Gasteiger partial charge in [0.15, 0.2) is 5.16 Å². The van der Waals surface area contributed by atoms with Gasteiger partial charge in [-0.25, -0.2) is 18.4 Å². The smallest absolute Gasteiger partial charge is 0.253 e. The summed E-state index contributed by atoms with van der Waals surface area (Å²) in [7, 11) is -3.93. The number of amides is 1. The zero-order valence-corrected chi connectivity index (χ0v) is 21.9. The van der Waals surface area contributed by atoms with Gasteiger partial charge in [0, 0.05) is 23.8 Å². The molecule has 1 aliphatic heterocycles. The van der Waals surface area contributed by atoms with E-state index in [1.54, 1.807) is 24.4 Å². The van der Waals surface area contributed by atoms with Gasteiger partial charge in [-0.2, -0.15) is 4.31 Å². The molecular weight excluding hydrogens is 544 g/mol. The van der Waals surface area contributed by atoms with Crippen molar-refractivity contribution in [3.8, 4) is 10.6 Å². The molecule has 1 aromatic carbocycles. The Hall–Kier alpha value is -1.79. The Morgan fingerprint density at radius 1 is 1.18 bits per heavy atom. The number of carbonyl (C=O) groups excluding carboxylic acids is 1. The van der Waals surface area contributed by atoms with Gasteiger partial charge in [0.2, 0.25) is 5.91 Å². The summed E-state index contributed by atoms with van der Waals surface area (Å²) in [5.41, 5.74) is 1.49. The summed E-state index contributed by atoms with van der Waals surface area (Å²) in [6, 6.07) is 11.8. The average molecular weight is 568 g/mol. The van der Waals surface area contributed by atoms with E-state index < -0.39 is 16.1 Å². The fourth-order valence-electron chi connectivity index (χ4n) is 3.62. The maximum atomic E-state index is 13.8. The number of nitrogens with zero attached hydrogens (tertiary/aromatic N) is 3. The maximum absolute atomic E-state index is 13.8. The number of hydrogen-bond acceptors (Lipinski definition) is 7. The first kappa shape index (κ1) is 24.3. The first-order chi connectivity index (χ1) is 15.9. The SMILES string of the molecule is CSc1nccc(-c2ccc(S(=O)(=O)N(Cc3ccc(Br)cc3)C3CCCCNC3=O)s2)n1. The van der Waals surface area contributed by atoms with Crippen molar-refractivity contribution in [1.29, 1.82) is 0 Å². The van der Waals surface area contributed by atoms with Crippen LogP contribution in [-0.2, 0) is 21.4 Å². The second kappa shape index (κ2) is 10.6. The Labute approximate surface area is 210 Å². The molecule has 2 aromatic heterocycles. The van der Waals surface area contributed by atoms with Crippen LogP contribution in [0.1, 0.15) is 24.8 Å². The first-order valence-electron chi connectivity index (χ1n) is 10.4. The maximum Gasteiger partial charge on any atom is 0.253 e. The van der Waals surface area contributed by atoms with E-state index in [1.165, 1.54) is 16.1 Å². The van der Waals surface area contributed by atoms with E-state index in [-0.39, 0.29) is 16.7 Å². The molecule has 7 nitrogen and oxygen atoms in total. The average Bonchev–Trinajstić information content (AvgIpc) is 3.24. The molecule has 3 aromatic rings. The molecule has 1 aliphatic rings. The molecule has 1 atom stereocenters. The van der Waals surface area contributed by atoms with Crippen molar-refractivity contribution in [1.82, 2.24) is 19.6 Å². The summed E-state index contributed by atoms with van der Waals surface area (Å²) in [6.45, 7) is 0.682. The van der Waals surface area contributed by atoms with Crippen LogP contribution < -0.4 is 5.32 Å². The third-order valence-corrected chi connectivity index (χ3v) is 9.84. The van der Waals surface area contributed by atoms with E-state index in [9.17, 15) is 13.2 Å². The van der Waals surface area contributed by atoms with Crippen molar-refractivity contribution in [2.24, 2.45) is 0 Å². The standard InChI is InChI=1S/C22H23BrN4O3S3/c1-31-22-25-13-11-17(26-22)19-9-10-20(32-19)33(29,30)27(14-15-5-7-16(23)8-6-15)18-4-2-3-12-24-21(18)28/h5-11,13,18H,2-4,12,14H2,1H3,(H,24,28). The molecule has 1 amide bonds. The van der Waals surface area contributed by atoms with E-state index in [4.69, 9.17) is 0 Å². The number of halogens is 1. The summed E-state index contributed by atoms with van der Waals surface area (Å²) < 4.78 is 30.1. The van der Waals surface area contributed by atoms with Crippen LogP contribution in [0.5, 0.6) is 0 Å². The van der Waals surface area contributed by atoms with Gasteiger partial charge in [-0.3, -0.25) is 4.79 Å². The Kier molecular flexibility index (Phi) is 7.85. The van der Waals surface area contributed by atoms with Crippen molar-refractivity contribution in [3.63, 3.8) is 0 Å². The van der Waals surface area contributed by atoms with Crippen molar-refractivity contribution in [2.45, 2.75) is 41.2 Å². The predicted octanol–water partition coefficient (Wildman–Crippen LogP) is 4.55. The number of rotatable bonds is 7. The number of benzene rings is 1. The molecule has 0 bridgehead atoms. The van der Waals surface area contributed by atoms with E-state index >= 15 is 0 Å². The second-order valence-corrected chi connectivity index (χ2v) is 12.4. The quantitative estimate of drug-likeness (QED) is 0.333. The first-order valence-corrected chi connectivity index (χ1v) is 14.7. The minimum absolute atomic E-state index is 0.116. The highest BCUT2D eigenvalue weighted by Gasteiger charge is 2.37.